The molecule has 0 spiro atoms. The van der Waals surface area contributed by atoms with Crippen LogP contribution in [0.1, 0.15) is 31.7 Å². The summed E-state index contributed by atoms with van der Waals surface area (Å²) in [6.45, 7) is 2.42. The SMILES string of the molecule is CC1CCCC2(c3ccccc3)NC(=O)COC12. The molecule has 96 valence electrons. The summed E-state index contributed by atoms with van der Waals surface area (Å²) in [5.41, 5.74) is 0.864. The Balaban J connectivity index is 2.05. The van der Waals surface area contributed by atoms with Crippen molar-refractivity contribution in [2.24, 2.45) is 5.92 Å². The number of morpholine rings is 1. The summed E-state index contributed by atoms with van der Waals surface area (Å²) in [5, 5.41) is 3.21. The Bertz CT molecular complexity index is 445. The highest BCUT2D eigenvalue weighted by Gasteiger charge is 2.49. The molecule has 1 aliphatic carbocycles. The smallest absolute Gasteiger partial charge is 0.246 e. The Kier molecular flexibility index (Phi) is 2.86. The van der Waals surface area contributed by atoms with E-state index in [-0.39, 0.29) is 24.2 Å². The van der Waals surface area contributed by atoms with Crippen LogP contribution in [0.2, 0.25) is 0 Å². The average molecular weight is 245 g/mol. The van der Waals surface area contributed by atoms with Crippen molar-refractivity contribution in [1.29, 1.82) is 0 Å². The summed E-state index contributed by atoms with van der Waals surface area (Å²) < 4.78 is 5.85. The maximum Gasteiger partial charge on any atom is 0.246 e. The van der Waals surface area contributed by atoms with Crippen molar-refractivity contribution in [3.05, 3.63) is 35.9 Å². The molecule has 3 heteroatoms. The molecule has 3 atom stereocenters. The lowest BCUT2D eigenvalue weighted by molar-refractivity contribution is -0.154. The number of hydrogen-bond acceptors (Lipinski definition) is 2. The van der Waals surface area contributed by atoms with Crippen LogP contribution in [0.4, 0.5) is 0 Å². The third-order valence-corrected chi connectivity index (χ3v) is 4.28. The largest absolute Gasteiger partial charge is 0.365 e. The summed E-state index contributed by atoms with van der Waals surface area (Å²) >= 11 is 0. The van der Waals surface area contributed by atoms with E-state index in [9.17, 15) is 4.79 Å². The normalized spacial score (nSPS) is 35.7. The number of nitrogens with one attached hydrogen (secondary N) is 1. The first-order valence-electron chi connectivity index (χ1n) is 6.70. The van der Waals surface area contributed by atoms with Crippen LogP contribution in [0, 0.1) is 5.92 Å². The highest BCUT2D eigenvalue weighted by atomic mass is 16.5. The Labute approximate surface area is 108 Å². The van der Waals surface area contributed by atoms with Crippen LogP contribution >= 0.6 is 0 Å². The molecule has 1 amide bonds. The fraction of sp³-hybridized carbons (Fsp3) is 0.533. The van der Waals surface area contributed by atoms with Gasteiger partial charge in [0.2, 0.25) is 5.91 Å². The molecule has 1 saturated heterocycles. The van der Waals surface area contributed by atoms with Crippen LogP contribution in [0.5, 0.6) is 0 Å². The minimum Gasteiger partial charge on any atom is -0.365 e. The zero-order valence-electron chi connectivity index (χ0n) is 10.7. The molecular formula is C15H19NO2. The van der Waals surface area contributed by atoms with Gasteiger partial charge < -0.3 is 10.1 Å². The van der Waals surface area contributed by atoms with Crippen molar-refractivity contribution in [2.75, 3.05) is 6.61 Å². The van der Waals surface area contributed by atoms with E-state index in [1.54, 1.807) is 0 Å². The highest BCUT2D eigenvalue weighted by molar-refractivity contribution is 5.79. The zero-order chi connectivity index (χ0) is 12.6. The van der Waals surface area contributed by atoms with Gasteiger partial charge in [0.1, 0.15) is 6.61 Å². The van der Waals surface area contributed by atoms with Gasteiger partial charge in [-0.05, 0) is 24.3 Å². The molecule has 3 unspecified atom stereocenters. The second-order valence-corrected chi connectivity index (χ2v) is 5.49. The number of rotatable bonds is 1. The van der Waals surface area contributed by atoms with Gasteiger partial charge in [0.05, 0.1) is 11.6 Å². The predicted molar refractivity (Wildman–Crippen MR) is 69.0 cm³/mol. The van der Waals surface area contributed by atoms with Crippen LogP contribution in [-0.2, 0) is 15.1 Å². The van der Waals surface area contributed by atoms with Crippen LogP contribution in [-0.4, -0.2) is 18.6 Å². The molecule has 0 radical (unpaired) electrons. The van der Waals surface area contributed by atoms with Gasteiger partial charge in [-0.15, -0.1) is 0 Å². The highest BCUT2D eigenvalue weighted by Crippen LogP contribution is 2.43. The summed E-state index contributed by atoms with van der Waals surface area (Å²) in [5.74, 6) is 0.490. The van der Waals surface area contributed by atoms with Crippen LogP contribution < -0.4 is 5.32 Å². The molecule has 1 aliphatic heterocycles. The lowest BCUT2D eigenvalue weighted by Crippen LogP contribution is -2.63. The van der Waals surface area contributed by atoms with Gasteiger partial charge in [-0.2, -0.15) is 0 Å². The van der Waals surface area contributed by atoms with Gasteiger partial charge in [-0.1, -0.05) is 43.7 Å². The second-order valence-electron chi connectivity index (χ2n) is 5.49. The quantitative estimate of drug-likeness (QED) is 0.824. The van der Waals surface area contributed by atoms with Gasteiger partial charge in [-0.3, -0.25) is 4.79 Å². The zero-order valence-corrected chi connectivity index (χ0v) is 10.7. The van der Waals surface area contributed by atoms with Gasteiger partial charge >= 0.3 is 0 Å². The molecule has 1 aromatic rings. The Morgan fingerprint density at radius 2 is 2.11 bits per heavy atom. The van der Waals surface area contributed by atoms with Crippen molar-refractivity contribution in [3.8, 4) is 0 Å². The van der Waals surface area contributed by atoms with Crippen molar-refractivity contribution in [3.63, 3.8) is 0 Å². The Hall–Kier alpha value is -1.35. The number of hydrogen-bond donors (Lipinski definition) is 1. The molecule has 1 N–H and O–H groups in total. The fourth-order valence-electron chi connectivity index (χ4n) is 3.49. The van der Waals surface area contributed by atoms with Gasteiger partial charge in [0, 0.05) is 0 Å². The summed E-state index contributed by atoms with van der Waals surface area (Å²) in [6.07, 6.45) is 3.38. The molecule has 1 aromatic carbocycles. The first-order chi connectivity index (χ1) is 8.72. The molecule has 18 heavy (non-hydrogen) atoms. The Morgan fingerprint density at radius 1 is 1.33 bits per heavy atom. The maximum atomic E-state index is 11.8. The molecular weight excluding hydrogens is 226 g/mol. The molecule has 3 nitrogen and oxygen atoms in total. The summed E-state index contributed by atoms with van der Waals surface area (Å²) in [6, 6.07) is 10.3. The number of amides is 1. The molecule has 2 aliphatic rings. The van der Waals surface area contributed by atoms with E-state index in [4.69, 9.17) is 4.74 Å². The van der Waals surface area contributed by atoms with Crippen LogP contribution in [0.15, 0.2) is 30.3 Å². The minimum atomic E-state index is -0.311. The fourth-order valence-corrected chi connectivity index (χ4v) is 3.49. The molecule has 2 fully saturated rings. The van der Waals surface area contributed by atoms with E-state index in [2.05, 4.69) is 24.4 Å². The van der Waals surface area contributed by atoms with E-state index in [0.717, 1.165) is 12.8 Å². The first kappa shape index (κ1) is 11.7. The number of carbonyl (C=O) groups is 1. The number of carbonyl (C=O) groups excluding carboxylic acids is 1. The topological polar surface area (TPSA) is 38.3 Å². The number of benzene rings is 1. The second kappa shape index (κ2) is 4.39. The minimum absolute atomic E-state index is 0.00389. The number of fused-ring (bicyclic) bond motifs is 1. The molecule has 3 rings (SSSR count). The van der Waals surface area contributed by atoms with E-state index in [1.165, 1.54) is 12.0 Å². The van der Waals surface area contributed by atoms with E-state index in [1.807, 2.05) is 18.2 Å². The summed E-state index contributed by atoms with van der Waals surface area (Å²) in [7, 11) is 0. The lowest BCUT2D eigenvalue weighted by Gasteiger charge is -2.50. The van der Waals surface area contributed by atoms with Crippen molar-refractivity contribution < 1.29 is 9.53 Å². The molecule has 1 heterocycles. The summed E-state index contributed by atoms with van der Waals surface area (Å²) in [4.78, 5) is 11.8. The van der Waals surface area contributed by atoms with Crippen molar-refractivity contribution in [2.45, 2.75) is 37.8 Å². The standard InChI is InChI=1S/C15H19NO2/c1-11-6-5-9-15(12-7-3-2-4-8-12)14(11)18-10-13(17)16-15/h2-4,7-8,11,14H,5-6,9-10H2,1H3,(H,16,17). The third-order valence-electron chi connectivity index (χ3n) is 4.28. The first-order valence-corrected chi connectivity index (χ1v) is 6.70. The number of ether oxygens (including phenoxy) is 1. The third kappa shape index (κ3) is 1.74. The van der Waals surface area contributed by atoms with E-state index < -0.39 is 0 Å². The maximum absolute atomic E-state index is 11.8. The van der Waals surface area contributed by atoms with E-state index >= 15 is 0 Å². The lowest BCUT2D eigenvalue weighted by atomic mass is 9.69. The van der Waals surface area contributed by atoms with Gasteiger partial charge in [-0.25, -0.2) is 0 Å². The van der Waals surface area contributed by atoms with Gasteiger partial charge in [0.15, 0.2) is 0 Å². The van der Waals surface area contributed by atoms with Gasteiger partial charge in [0.25, 0.3) is 0 Å². The monoisotopic (exact) mass is 245 g/mol. The van der Waals surface area contributed by atoms with Crippen molar-refractivity contribution >= 4 is 5.91 Å². The molecule has 0 bridgehead atoms. The van der Waals surface area contributed by atoms with Crippen LogP contribution in [0.3, 0.4) is 0 Å². The Morgan fingerprint density at radius 3 is 2.89 bits per heavy atom. The predicted octanol–water partition coefficient (Wildman–Crippen LogP) is 2.22. The van der Waals surface area contributed by atoms with E-state index in [0.29, 0.717) is 5.92 Å². The van der Waals surface area contributed by atoms with Crippen LogP contribution in [0.25, 0.3) is 0 Å². The molecule has 0 aromatic heterocycles. The molecule has 1 saturated carbocycles. The average Bonchev–Trinajstić information content (AvgIpc) is 2.39. The van der Waals surface area contributed by atoms with Crippen molar-refractivity contribution in [1.82, 2.24) is 5.32 Å².